The highest BCUT2D eigenvalue weighted by molar-refractivity contribution is 5.74. The Labute approximate surface area is 160 Å². The van der Waals surface area contributed by atoms with Crippen molar-refractivity contribution in [3.05, 3.63) is 11.7 Å². The Morgan fingerprint density at radius 1 is 1.07 bits per heavy atom. The van der Waals surface area contributed by atoms with Crippen LogP contribution >= 0.6 is 0 Å². The SMILES string of the molecule is O=C(NCc1noc(C2CCCC2)n1)N1CCCCC1CN1CCOCC1. The van der Waals surface area contributed by atoms with E-state index in [1.54, 1.807) is 0 Å². The maximum atomic E-state index is 12.8. The van der Waals surface area contributed by atoms with Crippen LogP contribution in [0.5, 0.6) is 0 Å². The zero-order valence-electron chi connectivity index (χ0n) is 16.1. The van der Waals surface area contributed by atoms with Crippen molar-refractivity contribution in [2.45, 2.75) is 63.5 Å². The Kier molecular flexibility index (Phi) is 6.24. The number of likely N-dealkylation sites (tertiary alicyclic amines) is 1. The predicted molar refractivity (Wildman–Crippen MR) is 99.3 cm³/mol. The molecule has 1 unspecified atom stereocenters. The van der Waals surface area contributed by atoms with Gasteiger partial charge in [0, 0.05) is 38.1 Å². The molecule has 3 aliphatic rings. The summed E-state index contributed by atoms with van der Waals surface area (Å²) in [6, 6.07) is 0.261. The molecule has 1 atom stereocenters. The second-order valence-electron chi connectivity index (χ2n) is 7.94. The molecule has 27 heavy (non-hydrogen) atoms. The Morgan fingerprint density at radius 2 is 1.85 bits per heavy atom. The summed E-state index contributed by atoms with van der Waals surface area (Å²) in [5, 5.41) is 7.05. The van der Waals surface area contributed by atoms with E-state index in [2.05, 4.69) is 20.4 Å². The Morgan fingerprint density at radius 3 is 2.67 bits per heavy atom. The van der Waals surface area contributed by atoms with Crippen LogP contribution in [0.15, 0.2) is 4.52 Å². The van der Waals surface area contributed by atoms with E-state index in [-0.39, 0.29) is 12.1 Å². The zero-order valence-corrected chi connectivity index (χ0v) is 16.1. The fourth-order valence-electron chi connectivity index (χ4n) is 4.47. The first kappa shape index (κ1) is 18.7. The lowest BCUT2D eigenvalue weighted by atomic mass is 10.0. The molecule has 8 nitrogen and oxygen atoms in total. The Bertz CT molecular complexity index is 610. The molecule has 1 aromatic rings. The van der Waals surface area contributed by atoms with Gasteiger partial charge in [-0.3, -0.25) is 4.90 Å². The molecule has 1 aliphatic carbocycles. The van der Waals surface area contributed by atoms with Crippen molar-refractivity contribution in [2.75, 3.05) is 39.4 Å². The van der Waals surface area contributed by atoms with Crippen molar-refractivity contribution in [1.29, 1.82) is 0 Å². The number of hydrogen-bond donors (Lipinski definition) is 1. The average Bonchev–Trinajstić information content (AvgIpc) is 3.39. The second kappa shape index (κ2) is 9.01. The molecule has 4 rings (SSSR count). The molecular weight excluding hydrogens is 346 g/mol. The lowest BCUT2D eigenvalue weighted by Crippen LogP contribution is -2.54. The molecule has 0 aromatic carbocycles. The summed E-state index contributed by atoms with van der Waals surface area (Å²) in [6.45, 7) is 5.58. The molecule has 2 amide bonds. The number of carbonyl (C=O) groups excluding carboxylic acids is 1. The van der Waals surface area contributed by atoms with Gasteiger partial charge in [-0.25, -0.2) is 4.79 Å². The highest BCUT2D eigenvalue weighted by Gasteiger charge is 2.29. The summed E-state index contributed by atoms with van der Waals surface area (Å²) < 4.78 is 10.8. The number of nitrogens with one attached hydrogen (secondary N) is 1. The normalized spacial score (nSPS) is 25.0. The van der Waals surface area contributed by atoms with Crippen LogP contribution in [0.2, 0.25) is 0 Å². The molecule has 2 aliphatic heterocycles. The zero-order chi connectivity index (χ0) is 18.5. The number of nitrogens with zero attached hydrogens (tertiary/aromatic N) is 4. The van der Waals surface area contributed by atoms with Crippen LogP contribution in [0.3, 0.4) is 0 Å². The monoisotopic (exact) mass is 377 g/mol. The number of rotatable bonds is 5. The molecule has 2 saturated heterocycles. The minimum absolute atomic E-state index is 0.0137. The third kappa shape index (κ3) is 4.79. The number of hydrogen-bond acceptors (Lipinski definition) is 6. The van der Waals surface area contributed by atoms with Gasteiger partial charge in [0.15, 0.2) is 5.82 Å². The van der Waals surface area contributed by atoms with E-state index in [1.807, 2.05) is 4.90 Å². The second-order valence-corrected chi connectivity index (χ2v) is 7.94. The van der Waals surface area contributed by atoms with Gasteiger partial charge in [-0.2, -0.15) is 4.98 Å². The van der Waals surface area contributed by atoms with Crippen LogP contribution in [0.25, 0.3) is 0 Å². The standard InChI is InChI=1S/C19H31N5O3/c25-19(20-13-17-21-18(27-22-17)15-5-1-2-6-15)24-8-4-3-7-16(24)14-23-9-11-26-12-10-23/h15-16H,1-14H2,(H,20,25). The van der Waals surface area contributed by atoms with Crippen molar-refractivity contribution >= 4 is 6.03 Å². The first-order chi connectivity index (χ1) is 13.3. The summed E-state index contributed by atoms with van der Waals surface area (Å²) in [7, 11) is 0. The van der Waals surface area contributed by atoms with Crippen LogP contribution in [0.4, 0.5) is 4.79 Å². The minimum Gasteiger partial charge on any atom is -0.379 e. The van der Waals surface area contributed by atoms with Gasteiger partial charge in [0.2, 0.25) is 5.89 Å². The smallest absolute Gasteiger partial charge is 0.318 e. The van der Waals surface area contributed by atoms with Crippen molar-refractivity contribution in [3.8, 4) is 0 Å². The largest absolute Gasteiger partial charge is 0.379 e. The first-order valence-corrected chi connectivity index (χ1v) is 10.5. The number of morpholine rings is 1. The van der Waals surface area contributed by atoms with E-state index in [9.17, 15) is 4.79 Å². The van der Waals surface area contributed by atoms with Gasteiger partial charge in [0.1, 0.15) is 0 Å². The summed E-state index contributed by atoms with van der Waals surface area (Å²) in [5.74, 6) is 1.72. The highest BCUT2D eigenvalue weighted by atomic mass is 16.5. The molecule has 8 heteroatoms. The average molecular weight is 377 g/mol. The topological polar surface area (TPSA) is 83.7 Å². The van der Waals surface area contributed by atoms with Gasteiger partial charge in [0.05, 0.1) is 19.8 Å². The number of aromatic nitrogens is 2. The van der Waals surface area contributed by atoms with Crippen molar-refractivity contribution in [1.82, 2.24) is 25.3 Å². The Hall–Kier alpha value is -1.67. The van der Waals surface area contributed by atoms with Crippen molar-refractivity contribution in [2.24, 2.45) is 0 Å². The van der Waals surface area contributed by atoms with E-state index >= 15 is 0 Å². The maximum Gasteiger partial charge on any atom is 0.318 e. The van der Waals surface area contributed by atoms with Gasteiger partial charge >= 0.3 is 6.03 Å². The van der Waals surface area contributed by atoms with Crippen molar-refractivity contribution in [3.63, 3.8) is 0 Å². The van der Waals surface area contributed by atoms with Crippen LogP contribution in [0.1, 0.15) is 62.6 Å². The van der Waals surface area contributed by atoms with Gasteiger partial charge in [0.25, 0.3) is 0 Å². The molecule has 0 radical (unpaired) electrons. The van der Waals surface area contributed by atoms with E-state index in [1.165, 1.54) is 19.3 Å². The summed E-state index contributed by atoms with van der Waals surface area (Å²) >= 11 is 0. The molecule has 0 spiro atoms. The van der Waals surface area contributed by atoms with Crippen LogP contribution in [0, 0.1) is 0 Å². The molecule has 1 aromatic heterocycles. The maximum absolute atomic E-state index is 12.8. The molecule has 0 bridgehead atoms. The van der Waals surface area contributed by atoms with Gasteiger partial charge in [-0.05, 0) is 32.1 Å². The van der Waals surface area contributed by atoms with E-state index < -0.39 is 0 Å². The minimum atomic E-state index is -0.0137. The Balaban J connectivity index is 1.29. The lowest BCUT2D eigenvalue weighted by Gasteiger charge is -2.39. The molecule has 150 valence electrons. The van der Waals surface area contributed by atoms with E-state index in [0.29, 0.717) is 18.3 Å². The summed E-state index contributed by atoms with van der Waals surface area (Å²) in [4.78, 5) is 21.7. The number of piperidine rings is 1. The van der Waals surface area contributed by atoms with Crippen LogP contribution in [-0.4, -0.2) is 71.4 Å². The van der Waals surface area contributed by atoms with E-state index in [4.69, 9.17) is 9.26 Å². The molecule has 1 saturated carbocycles. The third-order valence-electron chi connectivity index (χ3n) is 6.05. The predicted octanol–water partition coefficient (Wildman–Crippen LogP) is 2.12. The van der Waals surface area contributed by atoms with Gasteiger partial charge in [-0.1, -0.05) is 18.0 Å². The first-order valence-electron chi connectivity index (χ1n) is 10.5. The molecule has 1 N–H and O–H groups in total. The van der Waals surface area contributed by atoms with Crippen LogP contribution in [-0.2, 0) is 11.3 Å². The summed E-state index contributed by atoms with van der Waals surface area (Å²) in [6.07, 6.45) is 8.06. The van der Waals surface area contributed by atoms with Gasteiger partial charge in [-0.15, -0.1) is 0 Å². The third-order valence-corrected chi connectivity index (χ3v) is 6.05. The van der Waals surface area contributed by atoms with E-state index in [0.717, 1.165) is 71.0 Å². The number of carbonyl (C=O) groups is 1. The number of ether oxygens (including phenoxy) is 1. The van der Waals surface area contributed by atoms with Crippen LogP contribution < -0.4 is 5.32 Å². The molecule has 3 heterocycles. The van der Waals surface area contributed by atoms with Crippen molar-refractivity contribution < 1.29 is 14.1 Å². The summed E-state index contributed by atoms with van der Waals surface area (Å²) in [5.41, 5.74) is 0. The highest BCUT2D eigenvalue weighted by Crippen LogP contribution is 2.32. The number of amides is 2. The quantitative estimate of drug-likeness (QED) is 0.846. The fourth-order valence-corrected chi connectivity index (χ4v) is 4.47. The lowest BCUT2D eigenvalue weighted by molar-refractivity contribution is 0.0221. The molecular formula is C19H31N5O3. The number of urea groups is 1. The fraction of sp³-hybridized carbons (Fsp3) is 0.842. The van der Waals surface area contributed by atoms with Gasteiger partial charge < -0.3 is 19.5 Å². The molecule has 3 fully saturated rings.